The van der Waals surface area contributed by atoms with E-state index in [2.05, 4.69) is 9.50 Å². The molecule has 0 heterocycles. The molecule has 0 spiro atoms. The lowest BCUT2D eigenvalue weighted by molar-refractivity contribution is -0.0500. The number of hydrogen-bond donors (Lipinski definition) is 2. The van der Waals surface area contributed by atoms with Crippen LogP contribution in [0.5, 0.6) is 5.75 Å². The van der Waals surface area contributed by atoms with Gasteiger partial charge in [-0.15, -0.1) is 0 Å². The van der Waals surface area contributed by atoms with E-state index in [1.165, 1.54) is 0 Å². The van der Waals surface area contributed by atoms with Gasteiger partial charge in [0.1, 0.15) is 5.56 Å². The fraction of sp³-hybridized carbons (Fsp3) is 0.385. The highest BCUT2D eigenvalue weighted by atomic mass is 32.2. The van der Waals surface area contributed by atoms with E-state index in [1.54, 1.807) is 13.8 Å². The van der Waals surface area contributed by atoms with Crippen molar-refractivity contribution >= 4 is 22.0 Å². The van der Waals surface area contributed by atoms with Gasteiger partial charge in [0, 0.05) is 6.54 Å². The maximum absolute atomic E-state index is 12.4. The monoisotopic (exact) mass is 369 g/mol. The molecule has 0 radical (unpaired) electrons. The molecule has 0 saturated heterocycles. The van der Waals surface area contributed by atoms with Crippen molar-refractivity contribution in [1.29, 1.82) is 0 Å². The lowest BCUT2D eigenvalue weighted by Gasteiger charge is -2.14. The number of carboxylic acid groups (broad SMARTS) is 1. The largest absolute Gasteiger partial charge is 0.534 e. The zero-order chi connectivity index (χ0) is 18.7. The zero-order valence-electron chi connectivity index (χ0n) is 12.5. The molecule has 0 unspecified atom stereocenters. The molecule has 0 saturated carbocycles. The normalized spacial score (nSPS) is 12.1. The first-order chi connectivity index (χ1) is 10.9. The van der Waals surface area contributed by atoms with Crippen LogP contribution in [-0.4, -0.2) is 37.5 Å². The van der Waals surface area contributed by atoms with Gasteiger partial charge in [-0.3, -0.25) is 4.79 Å². The summed E-state index contributed by atoms with van der Waals surface area (Å²) < 4.78 is 63.1. The Morgan fingerprint density at radius 3 is 2.33 bits per heavy atom. The molecule has 0 fully saturated rings. The number of hydrogen-bond acceptors (Lipinski definition) is 5. The van der Waals surface area contributed by atoms with Gasteiger partial charge in [0.05, 0.1) is 5.56 Å². The average Bonchev–Trinajstić information content (AvgIpc) is 2.42. The first-order valence-electron chi connectivity index (χ1n) is 6.52. The molecule has 0 aliphatic carbocycles. The molecular weight excluding hydrogens is 355 g/mol. The minimum atomic E-state index is -6.07. The third-order valence-corrected chi connectivity index (χ3v) is 3.60. The van der Waals surface area contributed by atoms with Gasteiger partial charge in [-0.2, -0.15) is 21.6 Å². The maximum Gasteiger partial charge on any atom is 0.534 e. The Morgan fingerprint density at radius 2 is 1.88 bits per heavy atom. The van der Waals surface area contributed by atoms with Crippen molar-refractivity contribution in [3.05, 3.63) is 29.3 Å². The number of benzene rings is 1. The first-order valence-corrected chi connectivity index (χ1v) is 7.93. The molecule has 0 aromatic heterocycles. The molecule has 1 amide bonds. The lowest BCUT2D eigenvalue weighted by Crippen LogP contribution is -2.31. The zero-order valence-corrected chi connectivity index (χ0v) is 13.4. The van der Waals surface area contributed by atoms with Gasteiger partial charge in [-0.1, -0.05) is 19.9 Å². The second-order valence-corrected chi connectivity index (χ2v) is 6.61. The van der Waals surface area contributed by atoms with Gasteiger partial charge in [-0.05, 0) is 18.1 Å². The Bertz CT molecular complexity index is 743. The molecule has 1 rings (SSSR count). The summed E-state index contributed by atoms with van der Waals surface area (Å²) >= 11 is 0. The number of carbonyl (C=O) groups excluding carboxylic acids is 1. The van der Waals surface area contributed by atoms with Crippen LogP contribution >= 0.6 is 0 Å². The van der Waals surface area contributed by atoms with Crippen molar-refractivity contribution in [1.82, 2.24) is 5.32 Å². The number of amides is 1. The van der Waals surface area contributed by atoms with E-state index in [9.17, 15) is 31.2 Å². The Balaban J connectivity index is 3.32. The van der Waals surface area contributed by atoms with Gasteiger partial charge in [0.2, 0.25) is 0 Å². The third kappa shape index (κ3) is 4.60. The van der Waals surface area contributed by atoms with Crippen molar-refractivity contribution in [2.45, 2.75) is 19.4 Å². The molecular formula is C13H14F3NO6S. The summed E-state index contributed by atoms with van der Waals surface area (Å²) in [5.74, 6) is -3.75. The van der Waals surface area contributed by atoms with E-state index in [0.29, 0.717) is 6.07 Å². The molecule has 1 aromatic rings. The van der Waals surface area contributed by atoms with Gasteiger partial charge in [-0.25, -0.2) is 4.79 Å². The average molecular weight is 369 g/mol. The third-order valence-electron chi connectivity index (χ3n) is 2.64. The molecule has 0 aliphatic heterocycles. The quantitative estimate of drug-likeness (QED) is 0.586. The van der Waals surface area contributed by atoms with Crippen LogP contribution in [0.4, 0.5) is 13.2 Å². The molecule has 11 heteroatoms. The summed E-state index contributed by atoms with van der Waals surface area (Å²) in [4.78, 5) is 23.3. The van der Waals surface area contributed by atoms with E-state index >= 15 is 0 Å². The van der Waals surface area contributed by atoms with E-state index in [1.807, 2.05) is 0 Å². The van der Waals surface area contributed by atoms with Crippen LogP contribution in [0, 0.1) is 5.92 Å². The fourth-order valence-corrected chi connectivity index (χ4v) is 2.04. The highest BCUT2D eigenvalue weighted by Gasteiger charge is 2.49. The summed E-state index contributed by atoms with van der Waals surface area (Å²) in [5, 5.41) is 11.5. The lowest BCUT2D eigenvalue weighted by atomic mass is 10.1. The summed E-state index contributed by atoms with van der Waals surface area (Å²) in [6.07, 6.45) is 0. The second-order valence-electron chi connectivity index (χ2n) is 5.07. The van der Waals surface area contributed by atoms with Crippen LogP contribution < -0.4 is 9.50 Å². The van der Waals surface area contributed by atoms with Crippen molar-refractivity contribution in [3.8, 4) is 5.75 Å². The molecule has 1 aromatic carbocycles. The van der Waals surface area contributed by atoms with Crippen LogP contribution in [0.15, 0.2) is 18.2 Å². The molecule has 2 N–H and O–H groups in total. The van der Waals surface area contributed by atoms with E-state index in [-0.39, 0.29) is 12.5 Å². The van der Waals surface area contributed by atoms with Crippen LogP contribution in [0.2, 0.25) is 0 Å². The van der Waals surface area contributed by atoms with Crippen LogP contribution in [0.25, 0.3) is 0 Å². The topological polar surface area (TPSA) is 110 Å². The maximum atomic E-state index is 12.4. The fourth-order valence-electron chi connectivity index (χ4n) is 1.57. The molecule has 24 heavy (non-hydrogen) atoms. The number of rotatable bonds is 6. The number of aromatic carboxylic acids is 1. The SMILES string of the molecule is CC(C)CNC(=O)c1cccc(OS(=O)(=O)C(F)(F)F)c1C(=O)O. The van der Waals surface area contributed by atoms with Gasteiger partial charge < -0.3 is 14.6 Å². The minimum Gasteiger partial charge on any atom is -0.478 e. The molecule has 0 aliphatic rings. The number of carboxylic acids is 1. The smallest absolute Gasteiger partial charge is 0.478 e. The highest BCUT2D eigenvalue weighted by molar-refractivity contribution is 7.88. The standard InChI is InChI=1S/C13H14F3NO6S/c1-7(2)6-17-11(18)8-4-3-5-9(10(8)12(19)20)23-24(21,22)13(14,15)16/h3-5,7H,6H2,1-2H3,(H,17,18)(H,19,20). The molecule has 0 bridgehead atoms. The van der Waals surface area contributed by atoms with Crippen molar-refractivity contribution in [3.63, 3.8) is 0 Å². The summed E-state index contributed by atoms with van der Waals surface area (Å²) in [6.45, 7) is 3.73. The van der Waals surface area contributed by atoms with E-state index in [0.717, 1.165) is 12.1 Å². The minimum absolute atomic E-state index is 0.0345. The number of nitrogens with one attached hydrogen (secondary N) is 1. The van der Waals surface area contributed by atoms with Crippen molar-refractivity contribution in [2.75, 3.05) is 6.54 Å². The van der Waals surface area contributed by atoms with Crippen molar-refractivity contribution in [2.24, 2.45) is 5.92 Å². The second kappa shape index (κ2) is 7.07. The highest BCUT2D eigenvalue weighted by Crippen LogP contribution is 2.30. The summed E-state index contributed by atoms with van der Waals surface area (Å²) in [5.41, 5.74) is -7.23. The van der Waals surface area contributed by atoms with Crippen LogP contribution in [0.1, 0.15) is 34.6 Å². The van der Waals surface area contributed by atoms with E-state index in [4.69, 9.17) is 5.11 Å². The summed E-state index contributed by atoms with van der Waals surface area (Å²) in [6, 6.07) is 2.76. The van der Waals surface area contributed by atoms with Gasteiger partial charge in [0.25, 0.3) is 5.91 Å². The van der Waals surface area contributed by atoms with Crippen LogP contribution in [-0.2, 0) is 10.1 Å². The number of carbonyl (C=O) groups is 2. The molecule has 134 valence electrons. The van der Waals surface area contributed by atoms with E-state index < -0.39 is 44.4 Å². The van der Waals surface area contributed by atoms with Gasteiger partial charge >= 0.3 is 21.6 Å². The van der Waals surface area contributed by atoms with Gasteiger partial charge in [0.15, 0.2) is 5.75 Å². The Morgan fingerprint density at radius 1 is 1.29 bits per heavy atom. The predicted octanol–water partition coefficient (Wildman–Crippen LogP) is 2.00. The molecule has 7 nitrogen and oxygen atoms in total. The predicted molar refractivity (Wildman–Crippen MR) is 76.2 cm³/mol. The number of alkyl halides is 3. The summed E-state index contributed by atoms with van der Waals surface area (Å²) in [7, 11) is -6.07. The number of halogens is 3. The van der Waals surface area contributed by atoms with Crippen LogP contribution in [0.3, 0.4) is 0 Å². The Hall–Kier alpha value is -2.30. The Kier molecular flexibility index (Phi) is 5.82. The Labute approximate surface area is 135 Å². The molecule has 0 atom stereocenters. The first kappa shape index (κ1) is 19.7. The van der Waals surface area contributed by atoms with Crippen molar-refractivity contribution < 1.29 is 40.5 Å².